The molecule has 3 unspecified atom stereocenters. The third kappa shape index (κ3) is 4.14. The third-order valence-corrected chi connectivity index (χ3v) is 5.90. The van der Waals surface area contributed by atoms with Crippen LogP contribution in [0.3, 0.4) is 0 Å². The second-order valence-corrected chi connectivity index (χ2v) is 8.05. The summed E-state index contributed by atoms with van der Waals surface area (Å²) in [5, 5.41) is 3.66. The Morgan fingerprint density at radius 2 is 2.08 bits per heavy atom. The first kappa shape index (κ1) is 19.0. The van der Waals surface area contributed by atoms with E-state index in [-0.39, 0.29) is 24.1 Å². The van der Waals surface area contributed by atoms with E-state index < -0.39 is 0 Å². The van der Waals surface area contributed by atoms with E-state index in [1.807, 2.05) is 25.1 Å². The Balaban J connectivity index is 1.67. The predicted molar refractivity (Wildman–Crippen MR) is 106 cm³/mol. The SMILES string of the molecule is CCc1nc(NC(=O)CN2C(C)COC(c3ccccc3)C2C)sc1C. The van der Waals surface area contributed by atoms with Crippen LogP contribution in [0.1, 0.15) is 43.0 Å². The molecule has 1 aliphatic heterocycles. The summed E-state index contributed by atoms with van der Waals surface area (Å²) < 4.78 is 6.07. The molecular formula is C20H27N3O2S. The van der Waals surface area contributed by atoms with E-state index in [4.69, 9.17) is 4.74 Å². The maximum atomic E-state index is 12.6. The largest absolute Gasteiger partial charge is 0.370 e. The van der Waals surface area contributed by atoms with Gasteiger partial charge in [-0.2, -0.15) is 0 Å². The van der Waals surface area contributed by atoms with Crippen molar-refractivity contribution in [2.24, 2.45) is 0 Å². The summed E-state index contributed by atoms with van der Waals surface area (Å²) in [6, 6.07) is 10.5. The van der Waals surface area contributed by atoms with Gasteiger partial charge in [-0.05, 0) is 32.8 Å². The molecule has 1 amide bonds. The van der Waals surface area contributed by atoms with Crippen molar-refractivity contribution in [1.29, 1.82) is 0 Å². The van der Waals surface area contributed by atoms with Gasteiger partial charge in [0.25, 0.3) is 0 Å². The van der Waals surface area contributed by atoms with E-state index in [0.717, 1.165) is 17.7 Å². The number of nitrogens with one attached hydrogen (secondary N) is 1. The van der Waals surface area contributed by atoms with Gasteiger partial charge in [-0.15, -0.1) is 11.3 Å². The van der Waals surface area contributed by atoms with E-state index in [1.54, 1.807) is 11.3 Å². The number of rotatable bonds is 5. The number of hydrogen-bond donors (Lipinski definition) is 1. The van der Waals surface area contributed by atoms with Gasteiger partial charge in [0.05, 0.1) is 24.9 Å². The van der Waals surface area contributed by atoms with E-state index in [9.17, 15) is 4.79 Å². The second-order valence-electron chi connectivity index (χ2n) is 6.85. The Morgan fingerprint density at radius 1 is 1.35 bits per heavy atom. The van der Waals surface area contributed by atoms with Gasteiger partial charge < -0.3 is 10.1 Å². The third-order valence-electron chi connectivity index (χ3n) is 4.97. The summed E-state index contributed by atoms with van der Waals surface area (Å²) >= 11 is 1.54. The Kier molecular flexibility index (Phi) is 6.06. The van der Waals surface area contributed by atoms with Crippen LogP contribution in [0.15, 0.2) is 30.3 Å². The number of carbonyl (C=O) groups is 1. The molecule has 0 spiro atoms. The quantitative estimate of drug-likeness (QED) is 0.866. The minimum atomic E-state index is -0.0196. The van der Waals surface area contributed by atoms with Gasteiger partial charge in [0, 0.05) is 17.0 Å². The highest BCUT2D eigenvalue weighted by Gasteiger charge is 2.35. The number of nitrogens with zero attached hydrogens (tertiary/aromatic N) is 2. The molecule has 0 aliphatic carbocycles. The number of thiazole rings is 1. The number of aromatic nitrogens is 1. The van der Waals surface area contributed by atoms with Crippen LogP contribution in [0.2, 0.25) is 0 Å². The summed E-state index contributed by atoms with van der Waals surface area (Å²) in [6.07, 6.45) is 0.864. The molecule has 1 aliphatic rings. The molecule has 1 fully saturated rings. The number of aryl methyl sites for hydroxylation is 2. The molecule has 6 heteroatoms. The molecular weight excluding hydrogens is 346 g/mol. The lowest BCUT2D eigenvalue weighted by molar-refractivity contribution is -0.127. The average molecular weight is 374 g/mol. The highest BCUT2D eigenvalue weighted by Crippen LogP contribution is 2.30. The average Bonchev–Trinajstić information content (AvgIpc) is 2.98. The summed E-state index contributed by atoms with van der Waals surface area (Å²) in [5.41, 5.74) is 2.21. The fourth-order valence-corrected chi connectivity index (χ4v) is 4.42. The van der Waals surface area contributed by atoms with Crippen LogP contribution >= 0.6 is 11.3 Å². The number of anilines is 1. The van der Waals surface area contributed by atoms with E-state index in [2.05, 4.69) is 48.1 Å². The highest BCUT2D eigenvalue weighted by molar-refractivity contribution is 7.15. The number of benzene rings is 1. The van der Waals surface area contributed by atoms with Crippen molar-refractivity contribution < 1.29 is 9.53 Å². The minimum absolute atomic E-state index is 0.0194. The predicted octanol–water partition coefficient (Wildman–Crippen LogP) is 3.80. The van der Waals surface area contributed by atoms with E-state index >= 15 is 0 Å². The molecule has 140 valence electrons. The minimum Gasteiger partial charge on any atom is -0.370 e. The molecule has 0 saturated carbocycles. The first-order valence-corrected chi connectivity index (χ1v) is 9.99. The van der Waals surface area contributed by atoms with Gasteiger partial charge in [-0.3, -0.25) is 9.69 Å². The maximum Gasteiger partial charge on any atom is 0.240 e. The molecule has 0 bridgehead atoms. The van der Waals surface area contributed by atoms with E-state index in [1.165, 1.54) is 4.88 Å². The van der Waals surface area contributed by atoms with Crippen LogP contribution in [0.25, 0.3) is 0 Å². The van der Waals surface area contributed by atoms with Crippen molar-refractivity contribution in [1.82, 2.24) is 9.88 Å². The molecule has 5 nitrogen and oxygen atoms in total. The highest BCUT2D eigenvalue weighted by atomic mass is 32.1. The maximum absolute atomic E-state index is 12.6. The van der Waals surface area contributed by atoms with Crippen LogP contribution in [0.5, 0.6) is 0 Å². The van der Waals surface area contributed by atoms with Crippen LogP contribution in [-0.2, 0) is 16.0 Å². The van der Waals surface area contributed by atoms with Crippen molar-refractivity contribution in [3.05, 3.63) is 46.5 Å². The molecule has 1 aromatic heterocycles. The molecule has 2 aromatic rings. The van der Waals surface area contributed by atoms with Gasteiger partial charge in [-0.25, -0.2) is 4.98 Å². The zero-order valence-corrected chi connectivity index (χ0v) is 16.7. The molecule has 1 saturated heterocycles. The summed E-state index contributed by atoms with van der Waals surface area (Å²) in [6.45, 7) is 9.32. The van der Waals surface area contributed by atoms with Gasteiger partial charge in [0.15, 0.2) is 5.13 Å². The van der Waals surface area contributed by atoms with Crippen molar-refractivity contribution >= 4 is 22.4 Å². The number of carbonyl (C=O) groups excluding carboxylic acids is 1. The number of amides is 1. The Bertz CT molecular complexity index is 747. The smallest absolute Gasteiger partial charge is 0.240 e. The van der Waals surface area contributed by atoms with E-state index in [0.29, 0.717) is 18.3 Å². The first-order chi connectivity index (χ1) is 12.5. The number of morpholine rings is 1. The molecule has 3 rings (SSSR count). The van der Waals surface area contributed by atoms with Crippen LogP contribution in [-0.4, -0.2) is 41.0 Å². The van der Waals surface area contributed by atoms with Crippen molar-refractivity contribution in [2.45, 2.75) is 52.3 Å². The Hall–Kier alpha value is -1.76. The number of ether oxygens (including phenoxy) is 1. The summed E-state index contributed by atoms with van der Waals surface area (Å²) in [4.78, 5) is 20.5. The van der Waals surface area contributed by atoms with Crippen molar-refractivity contribution in [3.63, 3.8) is 0 Å². The second kappa shape index (κ2) is 8.29. The molecule has 3 atom stereocenters. The van der Waals surface area contributed by atoms with Crippen molar-refractivity contribution in [3.8, 4) is 0 Å². The summed E-state index contributed by atoms with van der Waals surface area (Å²) in [5.74, 6) is -0.0196. The molecule has 1 aromatic carbocycles. The molecule has 1 N–H and O–H groups in total. The van der Waals surface area contributed by atoms with Gasteiger partial charge in [0.1, 0.15) is 0 Å². The topological polar surface area (TPSA) is 54.5 Å². The van der Waals surface area contributed by atoms with Gasteiger partial charge in [-0.1, -0.05) is 37.3 Å². The summed E-state index contributed by atoms with van der Waals surface area (Å²) in [7, 11) is 0. The lowest BCUT2D eigenvalue weighted by Crippen LogP contribution is -2.53. The Labute approximate surface area is 159 Å². The monoisotopic (exact) mass is 373 g/mol. The zero-order chi connectivity index (χ0) is 18.7. The van der Waals surface area contributed by atoms with Crippen LogP contribution in [0, 0.1) is 6.92 Å². The molecule has 2 heterocycles. The molecule has 26 heavy (non-hydrogen) atoms. The van der Waals surface area contributed by atoms with Crippen LogP contribution < -0.4 is 5.32 Å². The van der Waals surface area contributed by atoms with Gasteiger partial charge >= 0.3 is 0 Å². The normalized spacial score (nSPS) is 23.8. The van der Waals surface area contributed by atoms with Crippen LogP contribution in [0.4, 0.5) is 5.13 Å². The zero-order valence-electron chi connectivity index (χ0n) is 15.9. The standard InChI is InChI=1S/C20H27N3O2S/c1-5-17-15(4)26-20(21-17)22-18(24)11-23-13(2)12-25-19(14(23)3)16-9-7-6-8-10-16/h6-10,13-14,19H,5,11-12H2,1-4H3,(H,21,22,24). The number of hydrogen-bond acceptors (Lipinski definition) is 5. The lowest BCUT2D eigenvalue weighted by atomic mass is 9.98. The fourth-order valence-electron chi connectivity index (χ4n) is 3.50. The van der Waals surface area contributed by atoms with Crippen molar-refractivity contribution in [2.75, 3.05) is 18.5 Å². The fraction of sp³-hybridized carbons (Fsp3) is 0.500. The first-order valence-electron chi connectivity index (χ1n) is 9.18. The molecule has 0 radical (unpaired) electrons. The Morgan fingerprint density at radius 3 is 2.73 bits per heavy atom. The lowest BCUT2D eigenvalue weighted by Gasteiger charge is -2.43. The van der Waals surface area contributed by atoms with Gasteiger partial charge in [0.2, 0.25) is 5.91 Å².